The highest BCUT2D eigenvalue weighted by Gasteiger charge is 2.42. The quantitative estimate of drug-likeness (QED) is 0.320. The van der Waals surface area contributed by atoms with Gasteiger partial charge in [-0.1, -0.05) is 35.9 Å². The molecule has 1 aliphatic heterocycles. The molecule has 2 atom stereocenters. The van der Waals surface area contributed by atoms with E-state index in [1.807, 2.05) is 55.5 Å². The van der Waals surface area contributed by atoms with Crippen LogP contribution in [0.2, 0.25) is 5.02 Å². The average molecular weight is 474 g/mol. The fourth-order valence-electron chi connectivity index (χ4n) is 4.54. The summed E-state index contributed by atoms with van der Waals surface area (Å²) >= 11 is 12.2. The van der Waals surface area contributed by atoms with Crippen molar-refractivity contribution in [2.45, 2.75) is 32.9 Å². The maximum absolute atomic E-state index is 6.47. The summed E-state index contributed by atoms with van der Waals surface area (Å²) in [6.07, 6.45) is 1.81. The highest BCUT2D eigenvalue weighted by Crippen LogP contribution is 2.43. The Balaban J connectivity index is 1.63. The van der Waals surface area contributed by atoms with Crippen LogP contribution in [0.3, 0.4) is 0 Å². The van der Waals surface area contributed by atoms with Gasteiger partial charge in [0.05, 0.1) is 11.7 Å². The van der Waals surface area contributed by atoms with Crippen molar-refractivity contribution in [1.82, 2.24) is 10.3 Å². The first-order chi connectivity index (χ1) is 15.9. The van der Waals surface area contributed by atoms with Gasteiger partial charge in [0.15, 0.2) is 5.11 Å². The number of anilines is 1. The van der Waals surface area contributed by atoms with Gasteiger partial charge in [0, 0.05) is 22.5 Å². The Bertz CT molecular complexity index is 1310. The van der Waals surface area contributed by atoms with Crippen molar-refractivity contribution in [3.05, 3.63) is 106 Å². The third-order valence-corrected chi connectivity index (χ3v) is 6.76. The third-order valence-electron chi connectivity index (χ3n) is 6.03. The standard InChI is InChI=1S/C27H24ClN3OS/c1-16-13-17(2)15-19(14-16)31-26(25(30-27(31)33)22-9-4-5-12-29-22)24-11-10-23(32-24)20-7-6-8-21(28)18(20)3/h4-15,25-26H,1-3H3,(H,30,33)/t25-,26+/m0/s1. The lowest BCUT2D eigenvalue weighted by Crippen LogP contribution is -2.29. The van der Waals surface area contributed by atoms with Crippen molar-refractivity contribution in [2.24, 2.45) is 0 Å². The van der Waals surface area contributed by atoms with Crippen molar-refractivity contribution in [2.75, 3.05) is 4.90 Å². The normalized spacial score (nSPS) is 17.9. The molecule has 33 heavy (non-hydrogen) atoms. The molecule has 4 aromatic rings. The van der Waals surface area contributed by atoms with Crippen LogP contribution in [0, 0.1) is 20.8 Å². The third kappa shape index (κ3) is 4.03. The molecule has 0 radical (unpaired) electrons. The van der Waals surface area contributed by atoms with Crippen LogP contribution in [0.1, 0.15) is 40.2 Å². The first-order valence-electron chi connectivity index (χ1n) is 10.9. The number of aryl methyl sites for hydroxylation is 2. The van der Waals surface area contributed by atoms with E-state index in [0.29, 0.717) is 5.11 Å². The van der Waals surface area contributed by atoms with Crippen molar-refractivity contribution in [3.8, 4) is 11.3 Å². The van der Waals surface area contributed by atoms with Gasteiger partial charge < -0.3 is 14.6 Å². The summed E-state index contributed by atoms with van der Waals surface area (Å²) < 4.78 is 6.47. The molecule has 5 rings (SSSR count). The molecule has 1 saturated heterocycles. The number of halogens is 1. The van der Waals surface area contributed by atoms with E-state index in [-0.39, 0.29) is 12.1 Å². The number of furan rings is 1. The topological polar surface area (TPSA) is 41.3 Å². The Morgan fingerprint density at radius 1 is 0.970 bits per heavy atom. The molecule has 6 heteroatoms. The Morgan fingerprint density at radius 3 is 2.48 bits per heavy atom. The van der Waals surface area contributed by atoms with Crippen molar-refractivity contribution < 1.29 is 4.42 Å². The number of hydrogen-bond donors (Lipinski definition) is 1. The zero-order valence-corrected chi connectivity index (χ0v) is 20.2. The van der Waals surface area contributed by atoms with Crippen LogP contribution in [0.15, 0.2) is 77.3 Å². The summed E-state index contributed by atoms with van der Waals surface area (Å²) in [5.41, 5.74) is 6.28. The number of nitrogens with zero attached hydrogens (tertiary/aromatic N) is 2. The summed E-state index contributed by atoms with van der Waals surface area (Å²) in [5.74, 6) is 1.59. The Hall–Kier alpha value is -3.15. The number of hydrogen-bond acceptors (Lipinski definition) is 3. The minimum atomic E-state index is -0.193. The predicted octanol–water partition coefficient (Wildman–Crippen LogP) is 7.10. The van der Waals surface area contributed by atoms with E-state index in [4.69, 9.17) is 28.2 Å². The second-order valence-electron chi connectivity index (χ2n) is 8.46. The first-order valence-corrected chi connectivity index (χ1v) is 11.6. The number of benzene rings is 2. The molecular formula is C27H24ClN3OS. The summed E-state index contributed by atoms with van der Waals surface area (Å²) in [7, 11) is 0. The SMILES string of the molecule is Cc1cc(C)cc(N2C(=S)N[C@@H](c3ccccn3)[C@H]2c2ccc(-c3cccc(Cl)c3C)o2)c1. The minimum absolute atomic E-state index is 0.154. The number of pyridine rings is 1. The lowest BCUT2D eigenvalue weighted by molar-refractivity contribution is 0.439. The highest BCUT2D eigenvalue weighted by molar-refractivity contribution is 7.80. The highest BCUT2D eigenvalue weighted by atomic mass is 35.5. The molecule has 0 aliphatic carbocycles. The molecule has 1 fully saturated rings. The zero-order chi connectivity index (χ0) is 23.1. The lowest BCUT2D eigenvalue weighted by Gasteiger charge is -2.26. The predicted molar refractivity (Wildman–Crippen MR) is 138 cm³/mol. The minimum Gasteiger partial charge on any atom is -0.459 e. The van der Waals surface area contributed by atoms with Crippen molar-refractivity contribution in [1.29, 1.82) is 0 Å². The molecule has 0 spiro atoms. The molecule has 1 N–H and O–H groups in total. The fraction of sp³-hybridized carbons (Fsp3) is 0.185. The molecule has 0 amide bonds. The van der Waals surface area contributed by atoms with Crippen LogP contribution in [0.4, 0.5) is 5.69 Å². The fourth-order valence-corrected chi connectivity index (χ4v) is 5.06. The molecule has 0 bridgehead atoms. The largest absolute Gasteiger partial charge is 0.459 e. The van der Waals surface area contributed by atoms with E-state index in [0.717, 1.165) is 39.1 Å². The number of thiocarbonyl (C=S) groups is 1. The van der Waals surface area contributed by atoms with E-state index >= 15 is 0 Å². The average Bonchev–Trinajstić information content (AvgIpc) is 3.40. The van der Waals surface area contributed by atoms with Gasteiger partial charge in [0.2, 0.25) is 0 Å². The molecule has 2 aromatic heterocycles. The van der Waals surface area contributed by atoms with E-state index in [9.17, 15) is 0 Å². The van der Waals surface area contributed by atoms with Crippen LogP contribution in [0.5, 0.6) is 0 Å². The van der Waals surface area contributed by atoms with Crippen LogP contribution in [-0.4, -0.2) is 10.1 Å². The second kappa shape index (κ2) is 8.65. The smallest absolute Gasteiger partial charge is 0.174 e. The lowest BCUT2D eigenvalue weighted by atomic mass is 10.0. The van der Waals surface area contributed by atoms with Gasteiger partial charge in [0.1, 0.15) is 17.6 Å². The van der Waals surface area contributed by atoms with Crippen LogP contribution >= 0.6 is 23.8 Å². The molecule has 1 aliphatic rings. The number of aromatic nitrogens is 1. The maximum Gasteiger partial charge on any atom is 0.174 e. The van der Waals surface area contributed by atoms with E-state index in [1.54, 1.807) is 6.20 Å². The van der Waals surface area contributed by atoms with Crippen LogP contribution < -0.4 is 10.2 Å². The Labute approximate surface area is 204 Å². The van der Waals surface area contributed by atoms with Gasteiger partial charge >= 0.3 is 0 Å². The van der Waals surface area contributed by atoms with Gasteiger partial charge in [-0.25, -0.2) is 0 Å². The second-order valence-corrected chi connectivity index (χ2v) is 9.25. The molecule has 0 saturated carbocycles. The van der Waals surface area contributed by atoms with Crippen LogP contribution in [-0.2, 0) is 0 Å². The molecule has 3 heterocycles. The summed E-state index contributed by atoms with van der Waals surface area (Å²) in [4.78, 5) is 6.76. The van der Waals surface area contributed by atoms with Gasteiger partial charge in [-0.3, -0.25) is 4.98 Å². The maximum atomic E-state index is 6.47. The summed E-state index contributed by atoms with van der Waals surface area (Å²) in [6.45, 7) is 6.20. The van der Waals surface area contributed by atoms with Gasteiger partial charge in [-0.15, -0.1) is 0 Å². The van der Waals surface area contributed by atoms with Gasteiger partial charge in [0.25, 0.3) is 0 Å². The molecule has 2 aromatic carbocycles. The summed E-state index contributed by atoms with van der Waals surface area (Å²) in [5, 5.41) is 4.86. The van der Waals surface area contributed by atoms with Crippen LogP contribution in [0.25, 0.3) is 11.3 Å². The van der Waals surface area contributed by atoms with Gasteiger partial charge in [-0.05, 0) is 92.1 Å². The molecular weight excluding hydrogens is 450 g/mol. The van der Waals surface area contributed by atoms with Gasteiger partial charge in [-0.2, -0.15) is 0 Å². The summed E-state index contributed by atoms with van der Waals surface area (Å²) in [6, 6.07) is 21.9. The molecule has 166 valence electrons. The van der Waals surface area contributed by atoms with E-state index in [1.165, 1.54) is 11.1 Å². The first kappa shape index (κ1) is 21.7. The molecule has 0 unspecified atom stereocenters. The van der Waals surface area contributed by atoms with E-state index < -0.39 is 0 Å². The van der Waals surface area contributed by atoms with E-state index in [2.05, 4.69) is 47.2 Å². The number of nitrogens with one attached hydrogen (secondary N) is 1. The number of rotatable bonds is 4. The Kier molecular flexibility index (Phi) is 5.69. The van der Waals surface area contributed by atoms with Crippen molar-refractivity contribution >= 4 is 34.6 Å². The van der Waals surface area contributed by atoms with Crippen molar-refractivity contribution in [3.63, 3.8) is 0 Å². The molecule has 4 nitrogen and oxygen atoms in total. The zero-order valence-electron chi connectivity index (χ0n) is 18.7. The monoisotopic (exact) mass is 473 g/mol. The Morgan fingerprint density at radius 2 is 1.76 bits per heavy atom.